The molecule has 1 unspecified atom stereocenters. The van der Waals surface area contributed by atoms with Gasteiger partial charge in [-0.1, -0.05) is 13.0 Å². The maximum atomic E-state index is 14.6. The van der Waals surface area contributed by atoms with Crippen molar-refractivity contribution in [2.75, 3.05) is 44.6 Å². The van der Waals surface area contributed by atoms with Crippen LogP contribution in [0.25, 0.3) is 0 Å². The number of aryl methyl sites for hydroxylation is 1. The van der Waals surface area contributed by atoms with Gasteiger partial charge in [-0.15, -0.1) is 0 Å². The van der Waals surface area contributed by atoms with E-state index in [-0.39, 0.29) is 24.3 Å². The van der Waals surface area contributed by atoms with Crippen LogP contribution >= 0.6 is 0 Å². The molecule has 0 bridgehead atoms. The fourth-order valence-electron chi connectivity index (χ4n) is 4.81. The minimum absolute atomic E-state index is 0.0678. The number of likely N-dealkylation sites (tertiary alicyclic amines) is 2. The van der Waals surface area contributed by atoms with E-state index in [1.165, 1.54) is 29.5 Å². The molecule has 2 aliphatic rings. The molecule has 1 amide bonds. The molecule has 3 N–H and O–H groups in total. The molecule has 6 nitrogen and oxygen atoms in total. The Labute approximate surface area is 197 Å². The second-order valence-electron chi connectivity index (χ2n) is 9.33. The van der Waals surface area contributed by atoms with E-state index in [1.54, 1.807) is 13.0 Å². The molecule has 2 aliphatic heterocycles. The Morgan fingerprint density at radius 1 is 1.18 bits per heavy atom. The first kappa shape index (κ1) is 24.5. The summed E-state index contributed by atoms with van der Waals surface area (Å²) in [6, 6.07) is 6.77. The SMILES string of the molecule is CCN1CCCC1CNCC1(O)CN(C(=O)c2ccc(F)c(F)c2Nc2ccc(C)cc2F)C1. The fraction of sp³-hybridized carbons (Fsp3) is 0.480. The van der Waals surface area contributed by atoms with E-state index in [4.69, 9.17) is 0 Å². The van der Waals surface area contributed by atoms with Gasteiger partial charge in [0.1, 0.15) is 11.4 Å². The molecule has 2 aromatic carbocycles. The Bertz CT molecular complexity index is 1060. The van der Waals surface area contributed by atoms with Crippen molar-refractivity contribution in [3.05, 3.63) is 58.9 Å². The number of aliphatic hydroxyl groups is 1. The fourth-order valence-corrected chi connectivity index (χ4v) is 4.81. The van der Waals surface area contributed by atoms with E-state index in [0.29, 0.717) is 18.2 Å². The van der Waals surface area contributed by atoms with E-state index in [2.05, 4.69) is 22.5 Å². The molecule has 0 saturated carbocycles. The van der Waals surface area contributed by atoms with Gasteiger partial charge in [-0.05, 0) is 62.7 Å². The molecular weight excluding hydrogens is 445 g/mol. The van der Waals surface area contributed by atoms with Crippen LogP contribution in [0.4, 0.5) is 24.5 Å². The third kappa shape index (κ3) is 5.06. The highest BCUT2D eigenvalue weighted by atomic mass is 19.2. The number of β-amino-alcohol motifs (C(OH)–C–C–N with tert-alkyl or cyclic N) is 1. The maximum absolute atomic E-state index is 14.6. The highest BCUT2D eigenvalue weighted by Gasteiger charge is 2.44. The average Bonchev–Trinajstić information content (AvgIpc) is 3.24. The third-order valence-electron chi connectivity index (χ3n) is 6.71. The zero-order valence-corrected chi connectivity index (χ0v) is 19.5. The lowest BCUT2D eigenvalue weighted by Crippen LogP contribution is -2.67. The predicted molar refractivity (Wildman–Crippen MR) is 125 cm³/mol. The van der Waals surface area contributed by atoms with Gasteiger partial charge in [0, 0.05) is 19.1 Å². The summed E-state index contributed by atoms with van der Waals surface area (Å²) in [5.74, 6) is -3.62. The molecule has 4 rings (SSSR count). The van der Waals surface area contributed by atoms with E-state index < -0.39 is 34.6 Å². The van der Waals surface area contributed by atoms with Gasteiger partial charge in [-0.2, -0.15) is 0 Å². The number of rotatable bonds is 8. The number of carbonyl (C=O) groups is 1. The third-order valence-corrected chi connectivity index (χ3v) is 6.71. The molecule has 9 heteroatoms. The van der Waals surface area contributed by atoms with E-state index in [0.717, 1.165) is 32.1 Å². The minimum atomic E-state index is -1.26. The lowest BCUT2D eigenvalue weighted by molar-refractivity contribution is -0.0788. The van der Waals surface area contributed by atoms with Crippen molar-refractivity contribution in [1.82, 2.24) is 15.1 Å². The highest BCUT2D eigenvalue weighted by molar-refractivity contribution is 6.01. The molecule has 2 fully saturated rings. The summed E-state index contributed by atoms with van der Waals surface area (Å²) in [7, 11) is 0. The number of anilines is 2. The number of nitrogens with zero attached hydrogens (tertiary/aromatic N) is 2. The molecule has 2 aromatic rings. The van der Waals surface area contributed by atoms with Crippen LogP contribution in [0.2, 0.25) is 0 Å². The summed E-state index contributed by atoms with van der Waals surface area (Å²) >= 11 is 0. The first-order chi connectivity index (χ1) is 16.2. The zero-order valence-electron chi connectivity index (χ0n) is 19.5. The van der Waals surface area contributed by atoms with Crippen molar-refractivity contribution in [2.24, 2.45) is 0 Å². The van der Waals surface area contributed by atoms with Gasteiger partial charge in [-0.3, -0.25) is 9.69 Å². The quantitative estimate of drug-likeness (QED) is 0.545. The number of likely N-dealkylation sites (N-methyl/N-ethyl adjacent to an activating group) is 1. The van der Waals surface area contributed by atoms with Crippen LogP contribution < -0.4 is 10.6 Å². The van der Waals surface area contributed by atoms with Crippen LogP contribution in [0.1, 0.15) is 35.7 Å². The van der Waals surface area contributed by atoms with Gasteiger partial charge in [0.15, 0.2) is 11.6 Å². The largest absolute Gasteiger partial charge is 0.385 e. The van der Waals surface area contributed by atoms with Gasteiger partial charge >= 0.3 is 0 Å². The van der Waals surface area contributed by atoms with Crippen molar-refractivity contribution in [1.29, 1.82) is 0 Å². The number of halogens is 3. The number of hydrogen-bond donors (Lipinski definition) is 3. The molecule has 0 spiro atoms. The van der Waals surface area contributed by atoms with Crippen LogP contribution in [0.15, 0.2) is 30.3 Å². The maximum Gasteiger partial charge on any atom is 0.256 e. The Balaban J connectivity index is 1.41. The number of amides is 1. The lowest BCUT2D eigenvalue weighted by atomic mass is 9.92. The molecular formula is C25H31F3N4O2. The van der Waals surface area contributed by atoms with Crippen LogP contribution in [0, 0.1) is 24.4 Å². The normalized spacial score (nSPS) is 19.8. The van der Waals surface area contributed by atoms with E-state index in [1.807, 2.05) is 0 Å². The monoisotopic (exact) mass is 476 g/mol. The molecule has 34 heavy (non-hydrogen) atoms. The second kappa shape index (κ2) is 9.93. The standard InChI is InChI=1S/C25H31F3N4O2/c1-3-31-10-4-5-17(31)12-29-13-25(34)14-32(15-25)24(33)18-7-8-19(26)22(28)23(18)30-21-9-6-16(2)11-20(21)27/h6-9,11,17,29-30,34H,3-5,10,12-15H2,1-2H3. The molecule has 1 atom stereocenters. The average molecular weight is 477 g/mol. The molecule has 0 radical (unpaired) electrons. The smallest absolute Gasteiger partial charge is 0.256 e. The topological polar surface area (TPSA) is 67.8 Å². The van der Waals surface area contributed by atoms with Crippen LogP contribution in [0.3, 0.4) is 0 Å². The number of carbonyl (C=O) groups excluding carboxylic acids is 1. The highest BCUT2D eigenvalue weighted by Crippen LogP contribution is 2.31. The number of hydrogen-bond acceptors (Lipinski definition) is 5. The number of benzene rings is 2. The van der Waals surface area contributed by atoms with Crippen LogP contribution in [-0.4, -0.2) is 71.7 Å². The Kier molecular flexibility index (Phi) is 7.16. The summed E-state index contributed by atoms with van der Waals surface area (Å²) in [6.07, 6.45) is 2.29. The summed E-state index contributed by atoms with van der Waals surface area (Å²) < 4.78 is 42.9. The van der Waals surface area contributed by atoms with E-state index in [9.17, 15) is 23.1 Å². The van der Waals surface area contributed by atoms with Crippen molar-refractivity contribution in [2.45, 2.75) is 38.3 Å². The molecule has 2 saturated heterocycles. The Hall–Kier alpha value is -2.62. The minimum Gasteiger partial charge on any atom is -0.385 e. The first-order valence-corrected chi connectivity index (χ1v) is 11.7. The second-order valence-corrected chi connectivity index (χ2v) is 9.33. The Morgan fingerprint density at radius 3 is 2.65 bits per heavy atom. The van der Waals surface area contributed by atoms with Crippen LogP contribution in [-0.2, 0) is 0 Å². The summed E-state index contributed by atoms with van der Waals surface area (Å²) in [4.78, 5) is 16.8. The molecule has 2 heterocycles. The van der Waals surface area contributed by atoms with Crippen molar-refractivity contribution < 1.29 is 23.1 Å². The number of nitrogens with one attached hydrogen (secondary N) is 2. The zero-order chi connectivity index (χ0) is 24.5. The summed E-state index contributed by atoms with van der Waals surface area (Å²) in [5.41, 5.74) is -1.04. The van der Waals surface area contributed by atoms with Gasteiger partial charge in [0.05, 0.1) is 30.0 Å². The summed E-state index contributed by atoms with van der Waals surface area (Å²) in [5, 5.41) is 16.6. The summed E-state index contributed by atoms with van der Waals surface area (Å²) in [6.45, 7) is 7.17. The van der Waals surface area contributed by atoms with Crippen molar-refractivity contribution >= 4 is 17.3 Å². The lowest BCUT2D eigenvalue weighted by Gasteiger charge is -2.47. The van der Waals surface area contributed by atoms with Gasteiger partial charge in [0.25, 0.3) is 5.91 Å². The Morgan fingerprint density at radius 2 is 1.94 bits per heavy atom. The molecule has 184 valence electrons. The van der Waals surface area contributed by atoms with Crippen molar-refractivity contribution in [3.8, 4) is 0 Å². The van der Waals surface area contributed by atoms with Gasteiger partial charge < -0.3 is 20.6 Å². The van der Waals surface area contributed by atoms with Crippen LogP contribution in [0.5, 0.6) is 0 Å². The molecule has 0 aliphatic carbocycles. The van der Waals surface area contributed by atoms with Crippen molar-refractivity contribution in [3.63, 3.8) is 0 Å². The first-order valence-electron chi connectivity index (χ1n) is 11.7. The molecule has 0 aromatic heterocycles. The van der Waals surface area contributed by atoms with E-state index >= 15 is 0 Å². The predicted octanol–water partition coefficient (Wildman–Crippen LogP) is 3.42. The van der Waals surface area contributed by atoms with Gasteiger partial charge in [0.2, 0.25) is 0 Å². The van der Waals surface area contributed by atoms with Gasteiger partial charge in [-0.25, -0.2) is 13.2 Å².